The van der Waals surface area contributed by atoms with Crippen molar-refractivity contribution >= 4 is 38.9 Å². The number of aryl methyl sites for hydroxylation is 1. The summed E-state index contributed by atoms with van der Waals surface area (Å²) in [5, 5.41) is 23.3. The van der Waals surface area contributed by atoms with E-state index in [1.807, 2.05) is 24.3 Å². The molecule has 1 atom stereocenters. The van der Waals surface area contributed by atoms with Gasteiger partial charge in [-0.05, 0) is 73.8 Å². The zero-order valence-corrected chi connectivity index (χ0v) is 25.5. The Morgan fingerprint density at radius 3 is 2.40 bits per heavy atom. The smallest absolute Gasteiger partial charge is 0.303 e. The van der Waals surface area contributed by atoms with Gasteiger partial charge < -0.3 is 15.5 Å². The topological polar surface area (TPSA) is 107 Å². The quantitative estimate of drug-likeness (QED) is 0.246. The number of rotatable bonds is 13. The number of thiophene rings is 1. The highest BCUT2D eigenvalue weighted by Crippen LogP contribution is 2.40. The molecule has 1 unspecified atom stereocenters. The first-order valence-corrected chi connectivity index (χ1v) is 16.0. The predicted molar refractivity (Wildman–Crippen MR) is 161 cm³/mol. The van der Waals surface area contributed by atoms with E-state index in [1.54, 1.807) is 0 Å². The number of aliphatic carboxylic acids is 1. The van der Waals surface area contributed by atoms with Crippen molar-refractivity contribution < 1.29 is 23.4 Å². The minimum Gasteiger partial charge on any atom is -0.481 e. The van der Waals surface area contributed by atoms with E-state index >= 15 is 0 Å². The van der Waals surface area contributed by atoms with E-state index in [2.05, 4.69) is 43.4 Å². The average Bonchev–Trinajstić information content (AvgIpc) is 3.49. The molecule has 0 saturated heterocycles. The largest absolute Gasteiger partial charge is 0.481 e. The van der Waals surface area contributed by atoms with Crippen molar-refractivity contribution in [1.82, 2.24) is 9.62 Å². The maximum Gasteiger partial charge on any atom is 0.303 e. The monoisotopic (exact) mass is 604 g/mol. The number of benzene rings is 2. The number of aliphatic hydroxyl groups excluding tert-OH is 1. The summed E-state index contributed by atoms with van der Waals surface area (Å²) in [6.07, 6.45) is 2.44. The number of likely N-dealkylation sites (N-methyl/N-ethyl adjacent to an activating group) is 1. The molecular weight excluding hydrogens is 568 g/mol. The van der Waals surface area contributed by atoms with Crippen molar-refractivity contribution in [3.63, 3.8) is 0 Å². The van der Waals surface area contributed by atoms with Gasteiger partial charge in [0.05, 0.1) is 6.10 Å². The molecule has 1 aromatic heterocycles. The number of hydrogen-bond donors (Lipinski definition) is 3. The Morgan fingerprint density at radius 1 is 1.12 bits per heavy atom. The van der Waals surface area contributed by atoms with Crippen molar-refractivity contribution in [1.29, 1.82) is 0 Å². The van der Waals surface area contributed by atoms with Gasteiger partial charge in [-0.3, -0.25) is 4.79 Å². The summed E-state index contributed by atoms with van der Waals surface area (Å²) >= 11 is 7.45. The van der Waals surface area contributed by atoms with Crippen LogP contribution in [0.3, 0.4) is 0 Å². The highest BCUT2D eigenvalue weighted by molar-refractivity contribution is 7.91. The number of carboxylic acid groups (broad SMARTS) is 1. The summed E-state index contributed by atoms with van der Waals surface area (Å²) < 4.78 is 28.3. The predicted octanol–water partition coefficient (Wildman–Crippen LogP) is 5.24. The summed E-state index contributed by atoms with van der Waals surface area (Å²) in [5.41, 5.74) is 4.66. The Balaban J connectivity index is 1.36. The molecule has 0 aliphatic heterocycles. The number of β-amino-alcohol motifs (C(OH)–C–C–N with tert-alkyl or cyclic N) is 1. The van der Waals surface area contributed by atoms with Gasteiger partial charge in [-0.1, -0.05) is 60.1 Å². The molecule has 0 spiro atoms. The summed E-state index contributed by atoms with van der Waals surface area (Å²) in [7, 11) is -2.45. The van der Waals surface area contributed by atoms with Gasteiger partial charge in [0.2, 0.25) is 0 Å². The zero-order valence-electron chi connectivity index (χ0n) is 23.1. The third-order valence-corrected chi connectivity index (χ3v) is 11.1. The zero-order chi connectivity index (χ0) is 29.1. The van der Waals surface area contributed by atoms with Crippen molar-refractivity contribution in [3.05, 3.63) is 75.6 Å². The average molecular weight is 605 g/mol. The molecule has 1 aliphatic rings. The van der Waals surface area contributed by atoms with E-state index in [1.165, 1.54) is 24.2 Å². The normalized spacial score (nSPS) is 14.9. The summed E-state index contributed by atoms with van der Waals surface area (Å²) in [4.78, 5) is 11.1. The van der Waals surface area contributed by atoms with Crippen molar-refractivity contribution in [2.24, 2.45) is 5.92 Å². The number of carboxylic acids is 1. The lowest BCUT2D eigenvalue weighted by molar-refractivity contribution is -0.136. The number of nitrogens with one attached hydrogen (secondary N) is 1. The summed E-state index contributed by atoms with van der Waals surface area (Å²) in [5.74, 6) is -0.372. The fourth-order valence-corrected chi connectivity index (χ4v) is 8.67. The SMILES string of the molecule is CN(CC(O)CNC(C)(C)CC1Cc2ccccc2C1)S(=O)(=O)c1cc(-c2ccccc2CCC(=O)O)c(Cl)s1. The Hall–Kier alpha value is -2.27. The van der Waals surface area contributed by atoms with Crippen LogP contribution in [-0.4, -0.2) is 60.7 Å². The molecule has 4 rings (SSSR count). The van der Waals surface area contributed by atoms with E-state index in [-0.39, 0.29) is 29.3 Å². The van der Waals surface area contributed by atoms with Gasteiger partial charge in [0.15, 0.2) is 0 Å². The van der Waals surface area contributed by atoms with Crippen molar-refractivity contribution in [3.8, 4) is 11.1 Å². The van der Waals surface area contributed by atoms with Gasteiger partial charge in [0.25, 0.3) is 10.0 Å². The fourth-order valence-electron chi connectivity index (χ4n) is 5.50. The van der Waals surface area contributed by atoms with E-state index in [0.717, 1.165) is 40.5 Å². The van der Waals surface area contributed by atoms with E-state index in [9.17, 15) is 18.3 Å². The second kappa shape index (κ2) is 12.7. The molecule has 0 radical (unpaired) electrons. The summed E-state index contributed by atoms with van der Waals surface area (Å²) in [6.45, 7) is 4.43. The number of hydrogen-bond acceptors (Lipinski definition) is 6. The van der Waals surface area contributed by atoms with E-state index < -0.39 is 22.1 Å². The minimum absolute atomic E-state index is 0.0380. The van der Waals surface area contributed by atoms with Crippen LogP contribution in [-0.2, 0) is 34.1 Å². The first-order chi connectivity index (χ1) is 18.9. The van der Waals surface area contributed by atoms with Crippen LogP contribution in [0.2, 0.25) is 4.34 Å². The number of aliphatic hydroxyl groups is 1. The van der Waals surface area contributed by atoms with Crippen molar-refractivity contribution in [2.75, 3.05) is 20.1 Å². The number of halogens is 1. The lowest BCUT2D eigenvalue weighted by Gasteiger charge is -2.31. The Morgan fingerprint density at radius 2 is 1.75 bits per heavy atom. The molecule has 40 heavy (non-hydrogen) atoms. The Labute approximate surface area is 245 Å². The molecular formula is C30H37ClN2O5S2. The molecule has 3 N–H and O–H groups in total. The molecule has 1 heterocycles. The number of fused-ring (bicyclic) bond motifs is 1. The van der Waals surface area contributed by atoms with Gasteiger partial charge in [0, 0.05) is 37.7 Å². The van der Waals surface area contributed by atoms with Gasteiger partial charge in [-0.2, -0.15) is 4.31 Å². The maximum absolute atomic E-state index is 13.4. The highest BCUT2D eigenvalue weighted by atomic mass is 35.5. The molecule has 0 amide bonds. The van der Waals surface area contributed by atoms with Crippen LogP contribution < -0.4 is 5.32 Å². The van der Waals surface area contributed by atoms with Gasteiger partial charge in [0.1, 0.15) is 8.55 Å². The van der Waals surface area contributed by atoms with Crippen LogP contribution in [0.25, 0.3) is 11.1 Å². The summed E-state index contributed by atoms with van der Waals surface area (Å²) in [6, 6.07) is 17.3. The number of nitrogens with zero attached hydrogens (tertiary/aromatic N) is 1. The van der Waals surface area contributed by atoms with E-state index in [4.69, 9.17) is 16.7 Å². The first kappa shape index (κ1) is 30.7. The minimum atomic E-state index is -3.90. The standard InChI is InChI=1S/C30H37ClN2O5S2/c1-30(2,17-20-14-22-9-4-5-10-23(22)15-20)32-18-24(34)19-33(3)40(37,38)28-16-26(29(31)39-28)25-11-7-6-8-21(25)12-13-27(35)36/h4-11,16,20,24,32,34H,12-15,17-19H2,1-3H3,(H,35,36). The first-order valence-electron chi connectivity index (χ1n) is 13.4. The molecule has 2 aromatic carbocycles. The molecule has 1 aliphatic carbocycles. The van der Waals surface area contributed by atoms with Crippen molar-refractivity contribution in [2.45, 2.75) is 61.8 Å². The van der Waals surface area contributed by atoms with Crippen LogP contribution in [0.5, 0.6) is 0 Å². The lowest BCUT2D eigenvalue weighted by Crippen LogP contribution is -2.47. The third-order valence-electron chi connectivity index (χ3n) is 7.46. The third kappa shape index (κ3) is 7.51. The molecule has 0 bridgehead atoms. The fraction of sp³-hybridized carbons (Fsp3) is 0.433. The molecule has 7 nitrogen and oxygen atoms in total. The van der Waals surface area contributed by atoms with Gasteiger partial charge in [-0.15, -0.1) is 11.3 Å². The molecule has 3 aromatic rings. The van der Waals surface area contributed by atoms with Crippen LogP contribution >= 0.6 is 22.9 Å². The van der Waals surface area contributed by atoms with Gasteiger partial charge in [-0.25, -0.2) is 8.42 Å². The molecule has 10 heteroatoms. The Kier molecular flexibility index (Phi) is 9.75. The second-order valence-corrected chi connectivity index (χ2v) is 15.2. The van der Waals surface area contributed by atoms with Crippen LogP contribution in [0, 0.1) is 5.92 Å². The number of carbonyl (C=O) groups is 1. The Bertz CT molecular complexity index is 1430. The van der Waals surface area contributed by atoms with Crippen LogP contribution in [0.1, 0.15) is 43.4 Å². The van der Waals surface area contributed by atoms with E-state index in [0.29, 0.717) is 27.8 Å². The maximum atomic E-state index is 13.4. The molecule has 0 fully saturated rings. The highest BCUT2D eigenvalue weighted by Gasteiger charge is 2.30. The number of sulfonamides is 1. The van der Waals surface area contributed by atoms with Crippen LogP contribution in [0.15, 0.2) is 58.8 Å². The molecule has 0 saturated carbocycles. The van der Waals surface area contributed by atoms with Crippen LogP contribution in [0.4, 0.5) is 0 Å². The molecule has 216 valence electrons. The van der Waals surface area contributed by atoms with Gasteiger partial charge >= 0.3 is 5.97 Å². The lowest BCUT2D eigenvalue weighted by atomic mass is 9.88. The second-order valence-electron chi connectivity index (χ2n) is 11.3.